The molecule has 1 aromatic carbocycles. The Hall–Kier alpha value is -2.96. The van der Waals surface area contributed by atoms with Gasteiger partial charge >= 0.3 is 11.9 Å². The molecule has 1 aliphatic carbocycles. The minimum atomic E-state index is -1.05. The Morgan fingerprint density at radius 3 is 2.02 bits per heavy atom. The second-order valence-corrected chi connectivity index (χ2v) is 13.6. The summed E-state index contributed by atoms with van der Waals surface area (Å²) >= 11 is 8.17. The highest BCUT2D eigenvalue weighted by molar-refractivity contribution is 8.29. The lowest BCUT2D eigenvalue weighted by Crippen LogP contribution is -2.58. The minimum absolute atomic E-state index is 0.104. The lowest BCUT2D eigenvalue weighted by molar-refractivity contribution is -0.143. The summed E-state index contributed by atoms with van der Waals surface area (Å²) in [5.41, 5.74) is 1.68. The van der Waals surface area contributed by atoms with Gasteiger partial charge in [0.25, 0.3) is 0 Å². The molecule has 12 heteroatoms. The van der Waals surface area contributed by atoms with Gasteiger partial charge in [-0.3, -0.25) is 24.2 Å². The zero-order chi connectivity index (χ0) is 29.8. The normalized spacial score (nSPS) is 23.6. The molecule has 216 valence electrons. The summed E-state index contributed by atoms with van der Waals surface area (Å²) in [6.07, 6.45) is 3.14. The second-order valence-electron chi connectivity index (χ2n) is 10.9. The topological polar surface area (TPSA) is 110 Å². The summed E-state index contributed by atoms with van der Waals surface area (Å²) in [5, 5.41) is 0. The first-order valence-corrected chi connectivity index (χ1v) is 15.3. The lowest BCUT2D eigenvalue weighted by Gasteiger charge is -2.45. The SMILES string of the molecule is COC(=O)C1=C(C(=O)OC)SC(=C2C(=S)C(C)(C)N(C(=O)CN3C(=O)[C@H]4CCCC[C@@H]4C3=O)c3cc(C)ccc32)S1. The number of amides is 3. The molecule has 5 rings (SSSR count). The standard InChI is InChI=1S/C29H30N2O7S3/c1-14-10-11-17-18(12-14)31(19(32)13-30-24(33)15-8-6-7-9-16(15)25(30)34)29(2,3)23(39)20(17)28-40-21(26(35)37-4)22(41-28)27(36)38-5/h10-12,15-16H,6-9,13H2,1-5H3/t15-,16-/m0/s1. The van der Waals surface area contributed by atoms with Crippen LogP contribution in [0, 0.1) is 18.8 Å². The van der Waals surface area contributed by atoms with Crippen LogP contribution in [0.3, 0.4) is 0 Å². The Bertz CT molecular complexity index is 1420. The smallest absolute Gasteiger partial charge is 0.346 e. The van der Waals surface area contributed by atoms with E-state index in [1.165, 1.54) is 14.2 Å². The van der Waals surface area contributed by atoms with Crippen molar-refractivity contribution in [3.8, 4) is 0 Å². The number of thioether (sulfide) groups is 2. The van der Waals surface area contributed by atoms with Gasteiger partial charge in [-0.25, -0.2) is 9.59 Å². The summed E-state index contributed by atoms with van der Waals surface area (Å²) in [7, 11) is 2.47. The first-order valence-electron chi connectivity index (χ1n) is 13.3. The van der Waals surface area contributed by atoms with Crippen molar-refractivity contribution >= 4 is 81.5 Å². The number of imide groups is 1. The predicted molar refractivity (Wildman–Crippen MR) is 161 cm³/mol. The number of anilines is 1. The van der Waals surface area contributed by atoms with Crippen molar-refractivity contribution < 1.29 is 33.4 Å². The van der Waals surface area contributed by atoms with E-state index in [-0.39, 0.29) is 40.0 Å². The molecule has 3 aliphatic heterocycles. The van der Waals surface area contributed by atoms with Gasteiger partial charge in [-0.05, 0) is 45.2 Å². The van der Waals surface area contributed by atoms with E-state index in [1.54, 1.807) is 4.90 Å². The molecule has 9 nitrogen and oxygen atoms in total. The number of hydrogen-bond donors (Lipinski definition) is 0. The highest BCUT2D eigenvalue weighted by Gasteiger charge is 2.51. The van der Waals surface area contributed by atoms with E-state index in [0.717, 1.165) is 46.8 Å². The maximum absolute atomic E-state index is 14.0. The number of likely N-dealkylation sites (tertiary alicyclic amines) is 1. The maximum Gasteiger partial charge on any atom is 0.346 e. The number of nitrogens with zero attached hydrogens (tertiary/aromatic N) is 2. The van der Waals surface area contributed by atoms with E-state index >= 15 is 0 Å². The van der Waals surface area contributed by atoms with Crippen molar-refractivity contribution in [1.82, 2.24) is 4.90 Å². The Morgan fingerprint density at radius 1 is 0.976 bits per heavy atom. The second kappa shape index (κ2) is 11.0. The van der Waals surface area contributed by atoms with E-state index < -0.39 is 23.4 Å². The monoisotopic (exact) mass is 614 g/mol. The Labute approximate surface area is 252 Å². The third kappa shape index (κ3) is 4.83. The van der Waals surface area contributed by atoms with E-state index in [1.807, 2.05) is 39.0 Å². The Morgan fingerprint density at radius 2 is 1.51 bits per heavy atom. The summed E-state index contributed by atoms with van der Waals surface area (Å²) in [4.78, 5) is 68.7. The number of methoxy groups -OCH3 is 2. The summed E-state index contributed by atoms with van der Waals surface area (Å²) in [5.74, 6) is -2.98. The molecule has 3 heterocycles. The number of esters is 2. The van der Waals surface area contributed by atoms with Gasteiger partial charge in [0.05, 0.1) is 46.4 Å². The molecule has 1 saturated carbocycles. The molecule has 1 aromatic rings. The quantitative estimate of drug-likeness (QED) is 0.210. The Kier molecular flexibility index (Phi) is 7.95. The van der Waals surface area contributed by atoms with Crippen LogP contribution in [-0.4, -0.2) is 65.7 Å². The van der Waals surface area contributed by atoms with Crippen LogP contribution in [0.1, 0.15) is 50.7 Å². The molecule has 0 unspecified atom stereocenters. The molecule has 0 bridgehead atoms. The summed E-state index contributed by atoms with van der Waals surface area (Å²) < 4.78 is 10.4. The van der Waals surface area contributed by atoms with Gasteiger partial charge in [-0.1, -0.05) is 60.7 Å². The van der Waals surface area contributed by atoms with E-state index in [9.17, 15) is 24.0 Å². The molecule has 0 N–H and O–H groups in total. The number of fused-ring (bicyclic) bond motifs is 2. The van der Waals surface area contributed by atoms with Crippen molar-refractivity contribution in [2.24, 2.45) is 11.8 Å². The lowest BCUT2D eigenvalue weighted by atomic mass is 9.81. The molecular formula is C29H30N2O7S3. The molecule has 3 amide bonds. The molecule has 1 saturated heterocycles. The predicted octanol–water partition coefficient (Wildman–Crippen LogP) is 4.37. The molecule has 0 aromatic heterocycles. The van der Waals surface area contributed by atoms with Crippen molar-refractivity contribution in [3.63, 3.8) is 0 Å². The van der Waals surface area contributed by atoms with Crippen LogP contribution in [0.15, 0.2) is 32.2 Å². The summed E-state index contributed by atoms with van der Waals surface area (Å²) in [6, 6.07) is 5.61. The van der Waals surface area contributed by atoms with E-state index in [2.05, 4.69) is 0 Å². The van der Waals surface area contributed by atoms with Gasteiger partial charge in [0.2, 0.25) is 17.7 Å². The van der Waals surface area contributed by atoms with E-state index in [0.29, 0.717) is 38.8 Å². The molecule has 0 radical (unpaired) electrons. The van der Waals surface area contributed by atoms with Crippen LogP contribution in [0.2, 0.25) is 0 Å². The largest absolute Gasteiger partial charge is 0.465 e. The van der Waals surface area contributed by atoms with Crippen LogP contribution in [-0.2, 0) is 33.4 Å². The number of benzene rings is 1. The van der Waals surface area contributed by atoms with Crippen LogP contribution < -0.4 is 4.90 Å². The zero-order valence-electron chi connectivity index (χ0n) is 23.4. The van der Waals surface area contributed by atoms with Crippen molar-refractivity contribution in [3.05, 3.63) is 43.4 Å². The van der Waals surface area contributed by atoms with Crippen molar-refractivity contribution in [2.75, 3.05) is 25.7 Å². The highest BCUT2D eigenvalue weighted by Crippen LogP contribution is 2.56. The van der Waals surface area contributed by atoms with Gasteiger partial charge in [0.1, 0.15) is 16.4 Å². The average molecular weight is 615 g/mol. The third-order valence-corrected chi connectivity index (χ3v) is 11.3. The van der Waals surface area contributed by atoms with Crippen molar-refractivity contribution in [2.45, 2.75) is 52.0 Å². The molecule has 0 spiro atoms. The van der Waals surface area contributed by atoms with Gasteiger partial charge < -0.3 is 9.47 Å². The summed E-state index contributed by atoms with van der Waals surface area (Å²) in [6.45, 7) is 5.17. The molecule has 4 aliphatic rings. The minimum Gasteiger partial charge on any atom is -0.465 e. The van der Waals surface area contributed by atoms with Gasteiger partial charge in [-0.2, -0.15) is 0 Å². The van der Waals surface area contributed by atoms with Crippen LogP contribution in [0.25, 0.3) is 5.57 Å². The number of rotatable bonds is 4. The molecule has 2 fully saturated rings. The number of aryl methyl sites for hydroxylation is 1. The van der Waals surface area contributed by atoms with E-state index in [4.69, 9.17) is 21.7 Å². The van der Waals surface area contributed by atoms with Crippen LogP contribution in [0.5, 0.6) is 0 Å². The first-order chi connectivity index (χ1) is 19.4. The zero-order valence-corrected chi connectivity index (χ0v) is 25.8. The fourth-order valence-corrected chi connectivity index (χ4v) is 9.00. The number of hydrogen-bond acceptors (Lipinski definition) is 10. The third-order valence-electron chi connectivity index (χ3n) is 8.02. The van der Waals surface area contributed by atoms with Gasteiger partial charge in [-0.15, -0.1) is 0 Å². The van der Waals surface area contributed by atoms with Crippen LogP contribution >= 0.6 is 35.7 Å². The molecular weight excluding hydrogens is 585 g/mol. The fourth-order valence-electron chi connectivity index (χ4n) is 5.97. The molecule has 41 heavy (non-hydrogen) atoms. The van der Waals surface area contributed by atoms with Gasteiger partial charge in [0.15, 0.2) is 0 Å². The maximum atomic E-state index is 14.0. The number of ether oxygens (including phenoxy) is 2. The number of carbonyl (C=O) groups is 5. The average Bonchev–Trinajstić information content (AvgIpc) is 3.49. The van der Waals surface area contributed by atoms with Crippen molar-refractivity contribution in [1.29, 1.82) is 0 Å². The number of carbonyl (C=O) groups excluding carboxylic acids is 5. The number of thiocarbonyl (C=S) groups is 1. The van der Waals surface area contributed by atoms with Gasteiger partial charge in [0, 0.05) is 11.1 Å². The highest BCUT2D eigenvalue weighted by atomic mass is 32.2. The molecule has 2 atom stereocenters. The Balaban J connectivity index is 1.56. The fraction of sp³-hybridized carbons (Fsp3) is 0.448. The first kappa shape index (κ1) is 29.5. The van der Waals surface area contributed by atoms with Crippen LogP contribution in [0.4, 0.5) is 5.69 Å².